The standard InChI is InChI=1S/C18H21N2OS/c1-14-7-9-15(10-8-14)19-13-18(21,16-5-4-12-22-16)20-11-3-2-6-17(19)20/h4-5,7-10,12,21H,2-3,6,11,13H2,1H3/q+1/t18-/m0/s1. The minimum Gasteiger partial charge on any atom is -0.346 e. The van der Waals surface area contributed by atoms with Crippen molar-refractivity contribution < 1.29 is 9.68 Å². The Labute approximate surface area is 135 Å². The van der Waals surface area contributed by atoms with Crippen molar-refractivity contribution in [1.29, 1.82) is 0 Å². The highest BCUT2D eigenvalue weighted by Crippen LogP contribution is 2.37. The average Bonchev–Trinajstić information content (AvgIpc) is 3.17. The fraction of sp³-hybridized carbons (Fsp3) is 0.389. The fourth-order valence-corrected chi connectivity index (χ4v) is 4.40. The molecule has 0 saturated heterocycles. The Morgan fingerprint density at radius 1 is 1.18 bits per heavy atom. The number of rotatable bonds is 2. The van der Waals surface area contributed by atoms with E-state index in [4.69, 9.17) is 0 Å². The molecule has 1 atom stereocenters. The third kappa shape index (κ3) is 2.09. The van der Waals surface area contributed by atoms with E-state index in [1.807, 2.05) is 11.4 Å². The molecule has 2 aromatic rings. The maximum atomic E-state index is 11.4. The van der Waals surface area contributed by atoms with E-state index in [9.17, 15) is 5.11 Å². The molecular weight excluding hydrogens is 292 g/mol. The lowest BCUT2D eigenvalue weighted by Gasteiger charge is -2.22. The third-order valence-corrected chi connectivity index (χ3v) is 5.75. The van der Waals surface area contributed by atoms with Gasteiger partial charge in [0.15, 0.2) is 6.54 Å². The van der Waals surface area contributed by atoms with E-state index in [1.165, 1.54) is 23.5 Å². The highest BCUT2D eigenvalue weighted by Gasteiger charge is 2.53. The molecule has 2 aliphatic rings. The first-order valence-corrected chi connectivity index (χ1v) is 8.80. The summed E-state index contributed by atoms with van der Waals surface area (Å²) in [6, 6.07) is 12.7. The van der Waals surface area contributed by atoms with Crippen LogP contribution < -0.4 is 4.90 Å². The molecule has 114 valence electrons. The summed E-state index contributed by atoms with van der Waals surface area (Å²) in [6.45, 7) is 3.66. The van der Waals surface area contributed by atoms with Crippen LogP contribution in [0.3, 0.4) is 0 Å². The van der Waals surface area contributed by atoms with Crippen LogP contribution in [0.2, 0.25) is 0 Å². The second kappa shape index (κ2) is 5.21. The second-order valence-corrected chi connectivity index (χ2v) is 7.19. The summed E-state index contributed by atoms with van der Waals surface area (Å²) in [5.74, 6) is 1.27. The second-order valence-electron chi connectivity index (χ2n) is 6.24. The quantitative estimate of drug-likeness (QED) is 0.861. The third-order valence-electron chi connectivity index (χ3n) is 4.74. The Morgan fingerprint density at radius 3 is 2.73 bits per heavy atom. The number of thiophene rings is 1. The van der Waals surface area contributed by atoms with Gasteiger partial charge in [-0.05, 0) is 43.3 Å². The highest BCUT2D eigenvalue weighted by atomic mass is 32.1. The van der Waals surface area contributed by atoms with Crippen LogP contribution >= 0.6 is 11.3 Å². The lowest BCUT2D eigenvalue weighted by molar-refractivity contribution is -0.660. The van der Waals surface area contributed by atoms with Gasteiger partial charge in [0.25, 0.3) is 11.6 Å². The van der Waals surface area contributed by atoms with Crippen LogP contribution in [0.4, 0.5) is 5.69 Å². The first-order valence-electron chi connectivity index (χ1n) is 7.92. The summed E-state index contributed by atoms with van der Waals surface area (Å²) in [5.41, 5.74) is 1.57. The van der Waals surface area contributed by atoms with Gasteiger partial charge in [0.2, 0.25) is 0 Å². The lowest BCUT2D eigenvalue weighted by atomic mass is 10.1. The number of aliphatic hydroxyl groups is 1. The Hall–Kier alpha value is -1.65. The molecule has 1 aromatic carbocycles. The molecule has 4 heteroatoms. The summed E-state index contributed by atoms with van der Waals surface area (Å²) in [6.07, 6.45) is 3.40. The van der Waals surface area contributed by atoms with Crippen molar-refractivity contribution in [3.05, 3.63) is 52.2 Å². The van der Waals surface area contributed by atoms with Gasteiger partial charge in [0.05, 0.1) is 11.4 Å². The van der Waals surface area contributed by atoms with E-state index in [-0.39, 0.29) is 0 Å². The van der Waals surface area contributed by atoms with E-state index >= 15 is 0 Å². The zero-order valence-corrected chi connectivity index (χ0v) is 13.6. The Morgan fingerprint density at radius 2 is 2.00 bits per heavy atom. The van der Waals surface area contributed by atoms with E-state index in [1.54, 1.807) is 11.3 Å². The molecule has 0 fully saturated rings. The van der Waals surface area contributed by atoms with E-state index in [0.717, 1.165) is 24.3 Å². The summed E-state index contributed by atoms with van der Waals surface area (Å²) in [5, 5.41) is 13.5. The van der Waals surface area contributed by atoms with Crippen molar-refractivity contribution in [2.24, 2.45) is 0 Å². The van der Waals surface area contributed by atoms with Crippen molar-refractivity contribution in [1.82, 2.24) is 0 Å². The summed E-state index contributed by atoms with van der Waals surface area (Å²) < 4.78 is 2.22. The monoisotopic (exact) mass is 313 g/mol. The molecule has 4 rings (SSSR count). The number of aryl methyl sites for hydroxylation is 1. The van der Waals surface area contributed by atoms with Crippen molar-refractivity contribution in [3.8, 4) is 0 Å². The molecule has 0 spiro atoms. The molecule has 0 unspecified atom stereocenters. The van der Waals surface area contributed by atoms with Crippen LogP contribution in [0.1, 0.15) is 29.7 Å². The molecular formula is C18H21N2OS+. The van der Waals surface area contributed by atoms with Gasteiger partial charge in [-0.3, -0.25) is 0 Å². The topological polar surface area (TPSA) is 26.5 Å². The van der Waals surface area contributed by atoms with Crippen LogP contribution in [0.25, 0.3) is 0 Å². The van der Waals surface area contributed by atoms with Crippen molar-refractivity contribution in [2.45, 2.75) is 31.9 Å². The number of hydrogen-bond donors (Lipinski definition) is 1. The Bertz CT molecular complexity index is 705. The molecule has 0 radical (unpaired) electrons. The van der Waals surface area contributed by atoms with E-state index in [2.05, 4.69) is 46.7 Å². The maximum Gasteiger partial charge on any atom is 0.280 e. The maximum absolute atomic E-state index is 11.4. The average molecular weight is 313 g/mol. The molecule has 3 nitrogen and oxygen atoms in total. The largest absolute Gasteiger partial charge is 0.346 e. The number of benzene rings is 1. The zero-order chi connectivity index (χ0) is 15.2. The molecule has 1 aromatic heterocycles. The van der Waals surface area contributed by atoms with Crippen LogP contribution in [-0.2, 0) is 5.72 Å². The predicted molar refractivity (Wildman–Crippen MR) is 90.7 cm³/mol. The summed E-state index contributed by atoms with van der Waals surface area (Å²) in [4.78, 5) is 3.35. The molecule has 22 heavy (non-hydrogen) atoms. The summed E-state index contributed by atoms with van der Waals surface area (Å²) in [7, 11) is 0. The van der Waals surface area contributed by atoms with Gasteiger partial charge < -0.3 is 5.11 Å². The van der Waals surface area contributed by atoms with Crippen molar-refractivity contribution >= 4 is 22.9 Å². The normalized spacial score (nSPS) is 24.7. The molecule has 3 heterocycles. The zero-order valence-electron chi connectivity index (χ0n) is 12.8. The van der Waals surface area contributed by atoms with Gasteiger partial charge >= 0.3 is 0 Å². The molecule has 2 aliphatic heterocycles. The Balaban J connectivity index is 1.79. The lowest BCUT2D eigenvalue weighted by Crippen LogP contribution is -2.40. The van der Waals surface area contributed by atoms with Gasteiger partial charge in [0, 0.05) is 6.42 Å². The first-order chi connectivity index (χ1) is 10.7. The minimum atomic E-state index is -0.880. The van der Waals surface area contributed by atoms with Gasteiger partial charge in [-0.15, -0.1) is 11.3 Å². The van der Waals surface area contributed by atoms with Gasteiger partial charge in [-0.25, -0.2) is 9.48 Å². The van der Waals surface area contributed by atoms with E-state index < -0.39 is 5.72 Å². The van der Waals surface area contributed by atoms with Gasteiger partial charge in [-0.2, -0.15) is 0 Å². The number of anilines is 1. The van der Waals surface area contributed by atoms with Crippen LogP contribution in [0, 0.1) is 6.92 Å². The van der Waals surface area contributed by atoms with Gasteiger partial charge in [-0.1, -0.05) is 23.8 Å². The number of amidine groups is 1. The number of β-amino-alcohol motifs (C(OH)–C–C–N with tert-alkyl or cyclic N) is 1. The predicted octanol–water partition coefficient (Wildman–Crippen LogP) is 3.32. The smallest absolute Gasteiger partial charge is 0.280 e. The molecule has 1 N–H and O–H groups in total. The highest BCUT2D eigenvalue weighted by molar-refractivity contribution is 7.10. The first kappa shape index (κ1) is 14.0. The molecule has 0 saturated carbocycles. The van der Waals surface area contributed by atoms with Gasteiger partial charge in [0.1, 0.15) is 5.69 Å². The SMILES string of the molecule is Cc1ccc(N2C[C@](O)(c3cccs3)[N+]3=C2CCCC3)cc1. The van der Waals surface area contributed by atoms with Crippen LogP contribution in [0.15, 0.2) is 41.8 Å². The van der Waals surface area contributed by atoms with Crippen molar-refractivity contribution in [3.63, 3.8) is 0 Å². The van der Waals surface area contributed by atoms with Crippen LogP contribution in [0.5, 0.6) is 0 Å². The number of nitrogens with zero attached hydrogens (tertiary/aromatic N) is 2. The fourth-order valence-electron chi connectivity index (χ4n) is 3.58. The van der Waals surface area contributed by atoms with Crippen LogP contribution in [-0.4, -0.2) is 28.6 Å². The molecule has 0 bridgehead atoms. The summed E-state index contributed by atoms with van der Waals surface area (Å²) >= 11 is 1.64. The molecule has 0 amide bonds. The Kier molecular flexibility index (Phi) is 3.31. The van der Waals surface area contributed by atoms with E-state index in [0.29, 0.717) is 6.54 Å². The minimum absolute atomic E-state index is 0.617. The number of hydrogen-bond acceptors (Lipinski definition) is 3. The molecule has 0 aliphatic carbocycles. The van der Waals surface area contributed by atoms with Crippen molar-refractivity contribution in [2.75, 3.05) is 18.0 Å².